The number of ether oxygens (including phenoxy) is 3. The van der Waals surface area contributed by atoms with E-state index in [0.29, 0.717) is 29.2 Å². The number of carbonyl (C=O) groups is 1. The maximum atomic E-state index is 12.5. The summed E-state index contributed by atoms with van der Waals surface area (Å²) in [6, 6.07) is 13.0. The Morgan fingerprint density at radius 2 is 2.00 bits per heavy atom. The minimum Gasteiger partial charge on any atom is -0.496 e. The van der Waals surface area contributed by atoms with Gasteiger partial charge in [-0.1, -0.05) is 30.0 Å². The number of fused-ring (bicyclic) bond motifs is 1. The van der Waals surface area contributed by atoms with E-state index in [1.54, 1.807) is 31.2 Å². The van der Waals surface area contributed by atoms with Crippen LogP contribution in [-0.4, -0.2) is 47.7 Å². The highest BCUT2D eigenvalue weighted by Gasteiger charge is 2.18. The lowest BCUT2D eigenvalue weighted by atomic mass is 10.2. The van der Waals surface area contributed by atoms with Crippen molar-refractivity contribution in [3.05, 3.63) is 48.0 Å². The Labute approximate surface area is 171 Å². The Balaban J connectivity index is 1.35. The van der Waals surface area contributed by atoms with Crippen molar-refractivity contribution in [3.63, 3.8) is 0 Å². The van der Waals surface area contributed by atoms with Crippen LogP contribution in [0.25, 0.3) is 11.5 Å². The fourth-order valence-electron chi connectivity index (χ4n) is 2.83. The van der Waals surface area contributed by atoms with Crippen molar-refractivity contribution >= 4 is 17.7 Å². The number of para-hydroxylation sites is 1. The molecule has 0 saturated carbocycles. The van der Waals surface area contributed by atoms with Crippen LogP contribution in [0.5, 0.6) is 17.2 Å². The molecule has 3 aromatic rings. The van der Waals surface area contributed by atoms with E-state index in [9.17, 15) is 4.79 Å². The lowest BCUT2D eigenvalue weighted by Crippen LogP contribution is -2.28. The molecule has 0 saturated heterocycles. The number of methoxy groups -OCH3 is 1. The molecule has 150 valence electrons. The van der Waals surface area contributed by atoms with Crippen molar-refractivity contribution in [1.29, 1.82) is 0 Å². The molecule has 0 spiro atoms. The molecule has 1 aliphatic rings. The van der Waals surface area contributed by atoms with Gasteiger partial charge in [-0.25, -0.2) is 0 Å². The van der Waals surface area contributed by atoms with Crippen LogP contribution < -0.4 is 14.2 Å². The zero-order chi connectivity index (χ0) is 20.2. The molecule has 0 fully saturated rings. The second-order valence-corrected chi connectivity index (χ2v) is 7.22. The third-order valence-corrected chi connectivity index (χ3v) is 5.17. The lowest BCUT2D eigenvalue weighted by Gasteiger charge is -2.18. The van der Waals surface area contributed by atoms with Gasteiger partial charge in [0.05, 0.1) is 12.9 Å². The predicted molar refractivity (Wildman–Crippen MR) is 106 cm³/mol. The summed E-state index contributed by atoms with van der Waals surface area (Å²) in [7, 11) is 3.37. The zero-order valence-corrected chi connectivity index (χ0v) is 16.8. The number of amides is 1. The van der Waals surface area contributed by atoms with E-state index < -0.39 is 0 Å². The van der Waals surface area contributed by atoms with Crippen LogP contribution >= 0.6 is 11.8 Å². The smallest absolute Gasteiger partial charge is 0.277 e. The summed E-state index contributed by atoms with van der Waals surface area (Å²) in [5.74, 6) is 2.58. The summed E-state index contributed by atoms with van der Waals surface area (Å²) in [6.07, 6.45) is 0. The molecule has 2 aromatic carbocycles. The van der Waals surface area contributed by atoms with Gasteiger partial charge in [0, 0.05) is 24.7 Å². The van der Waals surface area contributed by atoms with Crippen LogP contribution in [0, 0.1) is 0 Å². The highest BCUT2D eigenvalue weighted by molar-refractivity contribution is 7.99. The maximum absolute atomic E-state index is 12.5. The number of hydrogen-bond acceptors (Lipinski definition) is 8. The van der Waals surface area contributed by atoms with Crippen LogP contribution in [0.3, 0.4) is 0 Å². The van der Waals surface area contributed by atoms with E-state index in [4.69, 9.17) is 18.6 Å². The molecule has 1 amide bonds. The van der Waals surface area contributed by atoms with Gasteiger partial charge in [0.25, 0.3) is 5.22 Å². The van der Waals surface area contributed by atoms with Crippen LogP contribution in [0.2, 0.25) is 0 Å². The molecule has 4 rings (SSSR count). The number of thioether (sulfide) groups is 1. The number of rotatable bonds is 7. The summed E-state index contributed by atoms with van der Waals surface area (Å²) in [5.41, 5.74) is 1.67. The molecule has 0 unspecified atom stereocenters. The largest absolute Gasteiger partial charge is 0.496 e. The van der Waals surface area contributed by atoms with Crippen molar-refractivity contribution in [2.24, 2.45) is 0 Å². The topological polar surface area (TPSA) is 86.9 Å². The zero-order valence-electron chi connectivity index (χ0n) is 16.0. The lowest BCUT2D eigenvalue weighted by molar-refractivity contribution is -0.127. The first-order chi connectivity index (χ1) is 14.1. The first-order valence-electron chi connectivity index (χ1n) is 8.86. The average Bonchev–Trinajstić information content (AvgIpc) is 3.41. The van der Waals surface area contributed by atoms with Crippen molar-refractivity contribution < 1.29 is 23.4 Å². The van der Waals surface area contributed by atoms with E-state index in [0.717, 1.165) is 16.9 Å². The molecule has 0 radical (unpaired) electrons. The standard InChI is InChI=1S/C20H19N3O5S/c1-23(10-14-5-3-4-6-15(14)25-2)18(24)11-29-20-22-21-19(28-20)13-7-8-16-17(9-13)27-12-26-16/h3-9H,10-12H2,1-2H3. The highest BCUT2D eigenvalue weighted by Crippen LogP contribution is 2.36. The van der Waals surface area contributed by atoms with Gasteiger partial charge in [0.1, 0.15) is 5.75 Å². The Bertz CT molecular complexity index is 1020. The van der Waals surface area contributed by atoms with Gasteiger partial charge in [-0.2, -0.15) is 0 Å². The average molecular weight is 413 g/mol. The fourth-order valence-corrected chi connectivity index (χ4v) is 3.53. The predicted octanol–water partition coefficient (Wildman–Crippen LogP) is 3.22. The Morgan fingerprint density at radius 3 is 2.86 bits per heavy atom. The van der Waals surface area contributed by atoms with Gasteiger partial charge >= 0.3 is 0 Å². The van der Waals surface area contributed by atoms with Gasteiger partial charge in [-0.05, 0) is 24.3 Å². The molecule has 29 heavy (non-hydrogen) atoms. The Morgan fingerprint density at radius 1 is 1.17 bits per heavy atom. The third-order valence-electron chi connectivity index (χ3n) is 4.37. The van der Waals surface area contributed by atoms with Crippen LogP contribution in [-0.2, 0) is 11.3 Å². The molecular weight excluding hydrogens is 394 g/mol. The van der Waals surface area contributed by atoms with E-state index in [1.807, 2.05) is 30.3 Å². The SMILES string of the molecule is COc1ccccc1CN(C)C(=O)CSc1nnc(-c2ccc3c(c2)OCO3)o1. The Hall–Kier alpha value is -3.20. The monoisotopic (exact) mass is 413 g/mol. The van der Waals surface area contributed by atoms with Gasteiger partial charge in [-0.15, -0.1) is 10.2 Å². The first kappa shape index (κ1) is 19.1. The Kier molecular flexibility index (Phi) is 5.57. The van der Waals surface area contributed by atoms with Crippen molar-refractivity contribution in [2.75, 3.05) is 26.7 Å². The van der Waals surface area contributed by atoms with Crippen LogP contribution in [0.1, 0.15) is 5.56 Å². The molecule has 0 atom stereocenters. The number of nitrogens with zero attached hydrogens (tertiary/aromatic N) is 3. The second kappa shape index (κ2) is 8.44. The van der Waals surface area contributed by atoms with Crippen molar-refractivity contribution in [3.8, 4) is 28.7 Å². The summed E-state index contributed by atoms with van der Waals surface area (Å²) < 4.78 is 21.7. The minimum absolute atomic E-state index is 0.0521. The molecule has 8 nitrogen and oxygen atoms in total. The quantitative estimate of drug-likeness (QED) is 0.546. The third kappa shape index (κ3) is 4.29. The van der Waals surface area contributed by atoms with E-state index in [1.165, 1.54) is 11.8 Å². The molecule has 9 heteroatoms. The van der Waals surface area contributed by atoms with E-state index in [2.05, 4.69) is 10.2 Å². The number of carbonyl (C=O) groups excluding carboxylic acids is 1. The van der Waals surface area contributed by atoms with Crippen molar-refractivity contribution in [2.45, 2.75) is 11.8 Å². The number of hydrogen-bond donors (Lipinski definition) is 0. The minimum atomic E-state index is -0.0521. The molecule has 0 N–H and O–H groups in total. The molecular formula is C20H19N3O5S. The summed E-state index contributed by atoms with van der Waals surface area (Å²) >= 11 is 1.20. The summed E-state index contributed by atoms with van der Waals surface area (Å²) in [6.45, 7) is 0.657. The van der Waals surface area contributed by atoms with Gasteiger partial charge < -0.3 is 23.5 Å². The van der Waals surface area contributed by atoms with E-state index in [-0.39, 0.29) is 18.5 Å². The summed E-state index contributed by atoms with van der Waals surface area (Å²) in [5, 5.41) is 8.39. The molecule has 1 aromatic heterocycles. The van der Waals surface area contributed by atoms with Gasteiger partial charge in [0.15, 0.2) is 11.5 Å². The van der Waals surface area contributed by atoms with Crippen LogP contribution in [0.15, 0.2) is 52.1 Å². The fraction of sp³-hybridized carbons (Fsp3) is 0.250. The summed E-state index contributed by atoms with van der Waals surface area (Å²) in [4.78, 5) is 14.1. The number of benzene rings is 2. The molecule has 0 aliphatic carbocycles. The highest BCUT2D eigenvalue weighted by atomic mass is 32.2. The molecule has 2 heterocycles. The number of aromatic nitrogens is 2. The second-order valence-electron chi connectivity index (χ2n) is 6.29. The maximum Gasteiger partial charge on any atom is 0.277 e. The normalized spacial score (nSPS) is 12.1. The van der Waals surface area contributed by atoms with Crippen molar-refractivity contribution in [1.82, 2.24) is 15.1 Å². The van der Waals surface area contributed by atoms with E-state index >= 15 is 0 Å². The van der Waals surface area contributed by atoms with Crippen LogP contribution in [0.4, 0.5) is 0 Å². The first-order valence-corrected chi connectivity index (χ1v) is 9.85. The van der Waals surface area contributed by atoms with Gasteiger partial charge in [-0.3, -0.25) is 4.79 Å². The van der Waals surface area contributed by atoms with Gasteiger partial charge in [0.2, 0.25) is 18.6 Å². The molecule has 0 bridgehead atoms. The molecule has 1 aliphatic heterocycles.